The second-order valence-electron chi connectivity index (χ2n) is 13.3. The minimum Gasteiger partial charge on any atom is -0.496 e. The number of hydrogen-bond donors (Lipinski definition) is 0. The van der Waals surface area contributed by atoms with Crippen molar-refractivity contribution in [1.82, 2.24) is 19.8 Å². The number of benzene rings is 1. The Morgan fingerprint density at radius 2 is 1.48 bits per heavy atom. The van der Waals surface area contributed by atoms with Crippen LogP contribution in [0.15, 0.2) is 30.3 Å². The second-order valence-corrected chi connectivity index (χ2v) is 14.4. The lowest BCUT2D eigenvalue weighted by Gasteiger charge is -2.23. The van der Waals surface area contributed by atoms with Crippen LogP contribution in [0, 0.1) is 6.92 Å². The molecule has 44 heavy (non-hydrogen) atoms. The van der Waals surface area contributed by atoms with Gasteiger partial charge in [-0.05, 0) is 50.1 Å². The fraction of sp³-hybridized carbons (Fsp3) is 0.595. The van der Waals surface area contributed by atoms with Gasteiger partial charge < -0.3 is 9.64 Å². The Kier molecular flexibility index (Phi) is 12.7. The van der Waals surface area contributed by atoms with Crippen LogP contribution in [-0.2, 0) is 5.41 Å². The number of nitrogens with zero attached hydrogens (tertiary/aromatic N) is 5. The van der Waals surface area contributed by atoms with Crippen molar-refractivity contribution in [3.8, 4) is 17.1 Å². The third kappa shape index (κ3) is 8.83. The Balaban J connectivity index is 1.62. The molecule has 0 spiro atoms. The van der Waals surface area contributed by atoms with Gasteiger partial charge >= 0.3 is 0 Å². The maximum absolute atomic E-state index is 5.68. The van der Waals surface area contributed by atoms with Crippen LogP contribution in [0.25, 0.3) is 23.1 Å². The highest BCUT2D eigenvalue weighted by atomic mass is 32.1. The highest BCUT2D eigenvalue weighted by molar-refractivity contribution is 7.16. The third-order valence-electron chi connectivity index (χ3n) is 8.42. The van der Waals surface area contributed by atoms with Gasteiger partial charge in [0.2, 0.25) is 0 Å². The molecule has 3 aromatic heterocycles. The monoisotopic (exact) mass is 617 g/mol. The number of hydrogen-bond acceptors (Lipinski definition) is 6. The maximum Gasteiger partial charge on any atom is 0.189 e. The van der Waals surface area contributed by atoms with Crippen LogP contribution in [0.5, 0.6) is 5.75 Å². The molecular formula is C37H55N5OS. The molecule has 0 saturated carbocycles. The molecule has 6 nitrogen and oxygen atoms in total. The second kappa shape index (κ2) is 16.4. The Hall–Kier alpha value is -2.93. The lowest BCUT2D eigenvalue weighted by atomic mass is 9.91. The number of rotatable bonds is 18. The number of anilines is 1. The molecule has 3 heterocycles. The van der Waals surface area contributed by atoms with E-state index >= 15 is 0 Å². The summed E-state index contributed by atoms with van der Waals surface area (Å²) < 4.78 is 7.59. The van der Waals surface area contributed by atoms with E-state index in [1.54, 1.807) is 7.11 Å². The first-order valence-electron chi connectivity index (χ1n) is 17.0. The average molecular weight is 618 g/mol. The summed E-state index contributed by atoms with van der Waals surface area (Å²) in [5.41, 5.74) is 3.72. The molecule has 7 heteroatoms. The summed E-state index contributed by atoms with van der Waals surface area (Å²) in [5, 5.41) is 16.8. The average Bonchev–Trinajstić information content (AvgIpc) is 3.72. The Labute approximate surface area is 269 Å². The van der Waals surface area contributed by atoms with E-state index in [1.165, 1.54) is 86.9 Å². The molecule has 0 aliphatic heterocycles. The highest BCUT2D eigenvalue weighted by Crippen LogP contribution is 2.31. The summed E-state index contributed by atoms with van der Waals surface area (Å²) in [6.07, 6.45) is 18.2. The Morgan fingerprint density at radius 3 is 2.09 bits per heavy atom. The molecule has 0 fully saturated rings. The van der Waals surface area contributed by atoms with E-state index in [9.17, 15) is 0 Å². The molecule has 0 saturated heterocycles. The van der Waals surface area contributed by atoms with Crippen molar-refractivity contribution in [3.63, 3.8) is 0 Å². The first-order chi connectivity index (χ1) is 21.3. The summed E-state index contributed by atoms with van der Waals surface area (Å²) >= 11 is 1.89. The predicted molar refractivity (Wildman–Crippen MR) is 188 cm³/mol. The van der Waals surface area contributed by atoms with E-state index in [4.69, 9.17) is 9.84 Å². The van der Waals surface area contributed by atoms with Crippen molar-refractivity contribution in [3.05, 3.63) is 51.7 Å². The molecule has 4 rings (SSSR count). The van der Waals surface area contributed by atoms with Crippen LogP contribution in [0.1, 0.15) is 128 Å². The van der Waals surface area contributed by atoms with Crippen LogP contribution in [0.4, 0.5) is 5.00 Å². The number of thiophene rings is 1. The maximum atomic E-state index is 5.68. The zero-order chi connectivity index (χ0) is 31.5. The zero-order valence-electron chi connectivity index (χ0n) is 28.4. The van der Waals surface area contributed by atoms with E-state index in [1.807, 2.05) is 21.9 Å². The standard InChI is InChI=1S/C37H55N5OS/c1-8-10-12-14-16-18-24-41(25-19-17-15-13-11-9-2)33-23-21-29(44-33)27-31-34(37(4,5)6)40-42-35(38-39-36(31)42)30-26-28(3)20-22-32(30)43-7/h20-23,26-27H,8-19,24-25H2,1-7H3/b31-27-. The van der Waals surface area contributed by atoms with Crippen LogP contribution in [0.3, 0.4) is 0 Å². The van der Waals surface area contributed by atoms with Crippen molar-refractivity contribution >= 4 is 28.1 Å². The molecule has 0 unspecified atom stereocenters. The fourth-order valence-electron chi connectivity index (χ4n) is 5.88. The first kappa shape index (κ1) is 34.0. The molecule has 1 aromatic carbocycles. The summed E-state index contributed by atoms with van der Waals surface area (Å²) in [7, 11) is 1.70. The van der Waals surface area contributed by atoms with Crippen LogP contribution in [-0.4, -0.2) is 40.0 Å². The molecule has 240 valence electrons. The molecule has 0 aliphatic carbocycles. The van der Waals surface area contributed by atoms with Crippen molar-refractivity contribution in [2.75, 3.05) is 25.1 Å². The van der Waals surface area contributed by atoms with Gasteiger partial charge in [0.05, 0.1) is 23.4 Å². The number of aromatic nitrogens is 4. The van der Waals surface area contributed by atoms with Gasteiger partial charge in [-0.3, -0.25) is 0 Å². The van der Waals surface area contributed by atoms with Crippen molar-refractivity contribution in [2.45, 2.75) is 124 Å². The highest BCUT2D eigenvalue weighted by Gasteiger charge is 2.25. The molecule has 0 N–H and O–H groups in total. The van der Waals surface area contributed by atoms with E-state index in [0.717, 1.165) is 46.5 Å². The quantitative estimate of drug-likeness (QED) is 0.104. The number of unbranched alkanes of at least 4 members (excludes halogenated alkanes) is 10. The predicted octanol–water partition coefficient (Wildman–Crippen LogP) is 9.54. The van der Waals surface area contributed by atoms with Gasteiger partial charge in [0.25, 0.3) is 0 Å². The molecule has 4 aromatic rings. The minimum atomic E-state index is -0.151. The molecule has 0 aliphatic rings. The Morgan fingerprint density at radius 1 is 0.841 bits per heavy atom. The zero-order valence-corrected chi connectivity index (χ0v) is 29.2. The normalized spacial score (nSPS) is 12.5. The molecule has 0 atom stereocenters. The van der Waals surface area contributed by atoms with Crippen molar-refractivity contribution in [1.29, 1.82) is 0 Å². The van der Waals surface area contributed by atoms with Gasteiger partial charge in [-0.15, -0.1) is 21.5 Å². The number of fused-ring (bicyclic) bond motifs is 1. The van der Waals surface area contributed by atoms with Gasteiger partial charge in [0, 0.05) is 28.6 Å². The van der Waals surface area contributed by atoms with Gasteiger partial charge in [-0.1, -0.05) is 110 Å². The molecule has 0 amide bonds. The van der Waals surface area contributed by atoms with Crippen molar-refractivity contribution in [2.24, 2.45) is 0 Å². The number of aryl methyl sites for hydroxylation is 1. The van der Waals surface area contributed by atoms with E-state index < -0.39 is 0 Å². The lowest BCUT2D eigenvalue weighted by Crippen LogP contribution is -2.24. The van der Waals surface area contributed by atoms with Crippen LogP contribution in [0.2, 0.25) is 0 Å². The summed E-state index contributed by atoms with van der Waals surface area (Å²) in [6, 6.07) is 10.7. The smallest absolute Gasteiger partial charge is 0.189 e. The summed E-state index contributed by atoms with van der Waals surface area (Å²) in [6.45, 7) is 15.6. The third-order valence-corrected chi connectivity index (χ3v) is 9.51. The molecular weight excluding hydrogens is 563 g/mol. The summed E-state index contributed by atoms with van der Waals surface area (Å²) in [5.74, 6) is 1.48. The van der Waals surface area contributed by atoms with Gasteiger partial charge in [-0.25, -0.2) is 0 Å². The lowest BCUT2D eigenvalue weighted by molar-refractivity contribution is 0.416. The van der Waals surface area contributed by atoms with E-state index in [-0.39, 0.29) is 5.41 Å². The van der Waals surface area contributed by atoms with Gasteiger partial charge in [0.1, 0.15) is 5.75 Å². The molecule has 0 bridgehead atoms. The van der Waals surface area contributed by atoms with Crippen molar-refractivity contribution < 1.29 is 4.74 Å². The Bertz CT molecular complexity index is 1480. The fourth-order valence-corrected chi connectivity index (χ4v) is 6.89. The largest absolute Gasteiger partial charge is 0.496 e. The number of methoxy groups -OCH3 is 1. The molecule has 0 radical (unpaired) electrons. The van der Waals surface area contributed by atoms with Gasteiger partial charge in [0.15, 0.2) is 11.5 Å². The minimum absolute atomic E-state index is 0.151. The van der Waals surface area contributed by atoms with Crippen LogP contribution < -0.4 is 14.9 Å². The number of ether oxygens (including phenoxy) is 1. The SMILES string of the molecule is CCCCCCCCN(CCCCCCCC)c1ccc(/C=c2/c(C(C)(C)C)nn3c(-c4cc(C)ccc4OC)nnc23)s1. The van der Waals surface area contributed by atoms with Gasteiger partial charge in [-0.2, -0.15) is 9.61 Å². The van der Waals surface area contributed by atoms with Crippen LogP contribution >= 0.6 is 11.3 Å². The first-order valence-corrected chi connectivity index (χ1v) is 17.9. The van der Waals surface area contributed by atoms with E-state index in [0.29, 0.717) is 5.82 Å². The summed E-state index contributed by atoms with van der Waals surface area (Å²) in [4.78, 5) is 3.87. The topological polar surface area (TPSA) is 55.6 Å². The van der Waals surface area contributed by atoms with E-state index in [2.05, 4.69) is 87.0 Å².